The van der Waals surface area contributed by atoms with Gasteiger partial charge in [0.15, 0.2) is 0 Å². The van der Waals surface area contributed by atoms with Gasteiger partial charge in [-0.05, 0) is 50.3 Å². The van der Waals surface area contributed by atoms with Crippen LogP contribution in [0.15, 0.2) is 24.3 Å². The normalized spacial score (nSPS) is 19.0. The topological polar surface area (TPSA) is 78.6 Å². The average Bonchev–Trinajstić information content (AvgIpc) is 3.37. The molecule has 0 bridgehead atoms. The number of rotatable bonds is 6. The van der Waals surface area contributed by atoms with Crippen LogP contribution in [0.2, 0.25) is 0 Å². The van der Waals surface area contributed by atoms with Gasteiger partial charge in [-0.2, -0.15) is 0 Å². The lowest BCUT2D eigenvalue weighted by atomic mass is 9.98. The van der Waals surface area contributed by atoms with Crippen molar-refractivity contribution in [2.75, 3.05) is 25.0 Å². The van der Waals surface area contributed by atoms with Gasteiger partial charge in [-0.15, -0.1) is 0 Å². The lowest BCUT2D eigenvalue weighted by Crippen LogP contribution is -2.30. The van der Waals surface area contributed by atoms with Crippen LogP contribution in [0, 0.1) is 10.1 Å². The van der Waals surface area contributed by atoms with Gasteiger partial charge < -0.3 is 10.4 Å². The molecule has 130 valence electrons. The van der Waals surface area contributed by atoms with Gasteiger partial charge in [0.2, 0.25) is 0 Å². The number of hydrogen-bond donors (Lipinski definition) is 2. The van der Waals surface area contributed by atoms with E-state index in [9.17, 15) is 15.2 Å². The van der Waals surface area contributed by atoms with Gasteiger partial charge in [-0.3, -0.25) is 15.0 Å². The van der Waals surface area contributed by atoms with Gasteiger partial charge in [0.25, 0.3) is 5.69 Å². The van der Waals surface area contributed by atoms with Crippen molar-refractivity contribution in [2.45, 2.75) is 44.8 Å². The van der Waals surface area contributed by atoms with E-state index >= 15 is 0 Å². The molecule has 0 spiro atoms. The molecule has 2 N–H and O–H groups in total. The van der Waals surface area contributed by atoms with Crippen molar-refractivity contribution in [1.29, 1.82) is 0 Å². The Balaban J connectivity index is 1.77. The third-order valence-corrected chi connectivity index (χ3v) is 4.58. The van der Waals surface area contributed by atoms with Gasteiger partial charge in [-0.1, -0.05) is 12.1 Å². The van der Waals surface area contributed by atoms with Crippen LogP contribution in [0.3, 0.4) is 0 Å². The van der Waals surface area contributed by atoms with Gasteiger partial charge >= 0.3 is 0 Å². The summed E-state index contributed by atoms with van der Waals surface area (Å²) < 4.78 is 0. The molecule has 0 atom stereocenters. The first-order valence-corrected chi connectivity index (χ1v) is 8.52. The number of nitrogens with one attached hydrogen (secondary N) is 1. The van der Waals surface area contributed by atoms with E-state index in [1.165, 1.54) is 18.4 Å². The van der Waals surface area contributed by atoms with Crippen LogP contribution in [0.1, 0.15) is 38.7 Å². The average molecular weight is 331 g/mol. The fourth-order valence-electron chi connectivity index (χ4n) is 3.06. The molecule has 1 aromatic rings. The van der Waals surface area contributed by atoms with Crippen molar-refractivity contribution in [3.8, 4) is 0 Å². The van der Waals surface area contributed by atoms with Crippen molar-refractivity contribution < 1.29 is 10.0 Å². The first-order chi connectivity index (χ1) is 11.3. The molecule has 6 nitrogen and oxygen atoms in total. The largest absolute Gasteiger partial charge is 0.389 e. The SMILES string of the molecule is CC(C)(O)CNc1ccc(C2=CCN(C3CC3)CC2)cc1[N+](=O)[O-]. The highest BCUT2D eigenvalue weighted by atomic mass is 16.6. The first kappa shape index (κ1) is 16.9. The van der Waals surface area contributed by atoms with Crippen LogP contribution >= 0.6 is 0 Å². The minimum atomic E-state index is -0.926. The molecule has 1 aliphatic carbocycles. The van der Waals surface area contributed by atoms with Crippen molar-refractivity contribution in [1.82, 2.24) is 4.90 Å². The third-order valence-electron chi connectivity index (χ3n) is 4.58. The van der Waals surface area contributed by atoms with E-state index in [1.54, 1.807) is 26.0 Å². The summed E-state index contributed by atoms with van der Waals surface area (Å²) in [7, 11) is 0. The Morgan fingerprint density at radius 2 is 2.17 bits per heavy atom. The second kappa shape index (κ2) is 6.53. The lowest BCUT2D eigenvalue weighted by Gasteiger charge is -2.26. The molecule has 1 saturated carbocycles. The maximum Gasteiger partial charge on any atom is 0.292 e. The third kappa shape index (κ3) is 4.13. The van der Waals surface area contributed by atoms with Crippen molar-refractivity contribution in [3.05, 3.63) is 40.0 Å². The summed E-state index contributed by atoms with van der Waals surface area (Å²) in [6.07, 6.45) is 5.74. The molecule has 1 aromatic carbocycles. The highest BCUT2D eigenvalue weighted by molar-refractivity contribution is 5.73. The fraction of sp³-hybridized carbons (Fsp3) is 0.556. The molecule has 0 radical (unpaired) electrons. The molecule has 0 amide bonds. The molecule has 6 heteroatoms. The lowest BCUT2D eigenvalue weighted by molar-refractivity contribution is -0.384. The Morgan fingerprint density at radius 1 is 1.42 bits per heavy atom. The zero-order chi connectivity index (χ0) is 17.3. The standard InChI is InChI=1S/C18H25N3O3/c1-18(2,22)12-19-16-6-3-14(11-17(16)21(23)24)13-7-9-20(10-8-13)15-4-5-15/h3,6-7,11,15,19,22H,4-5,8-10,12H2,1-2H3. The number of aliphatic hydroxyl groups is 1. The Kier molecular flexibility index (Phi) is 4.60. The van der Waals surface area contributed by atoms with Gasteiger partial charge in [0, 0.05) is 31.7 Å². The fourth-order valence-corrected chi connectivity index (χ4v) is 3.06. The second-order valence-corrected chi connectivity index (χ2v) is 7.36. The maximum atomic E-state index is 11.4. The van der Waals surface area contributed by atoms with E-state index in [-0.39, 0.29) is 17.2 Å². The Bertz CT molecular complexity index is 660. The summed E-state index contributed by atoms with van der Waals surface area (Å²) in [5.74, 6) is 0. The van der Waals surface area contributed by atoms with Crippen LogP contribution in [-0.2, 0) is 0 Å². The van der Waals surface area contributed by atoms with Crippen molar-refractivity contribution in [2.24, 2.45) is 0 Å². The summed E-state index contributed by atoms with van der Waals surface area (Å²) >= 11 is 0. The van der Waals surface area contributed by atoms with Gasteiger partial charge in [0.1, 0.15) is 5.69 Å². The van der Waals surface area contributed by atoms with Gasteiger partial charge in [-0.25, -0.2) is 0 Å². The van der Waals surface area contributed by atoms with Crippen LogP contribution in [0.5, 0.6) is 0 Å². The van der Waals surface area contributed by atoms with Crippen LogP contribution < -0.4 is 5.32 Å². The van der Waals surface area contributed by atoms with Crippen LogP contribution in [0.25, 0.3) is 5.57 Å². The van der Waals surface area contributed by atoms with Crippen molar-refractivity contribution in [3.63, 3.8) is 0 Å². The zero-order valence-electron chi connectivity index (χ0n) is 14.3. The zero-order valence-corrected chi connectivity index (χ0v) is 14.3. The number of anilines is 1. The summed E-state index contributed by atoms with van der Waals surface area (Å²) in [4.78, 5) is 13.5. The molecule has 3 rings (SSSR count). The molecule has 24 heavy (non-hydrogen) atoms. The Morgan fingerprint density at radius 3 is 2.71 bits per heavy atom. The van der Waals surface area contributed by atoms with E-state index in [0.29, 0.717) is 5.69 Å². The molecule has 0 unspecified atom stereocenters. The highest BCUT2D eigenvalue weighted by Crippen LogP contribution is 2.34. The molecule has 1 heterocycles. The molecule has 0 aromatic heterocycles. The molecule has 2 aliphatic rings. The smallest absolute Gasteiger partial charge is 0.292 e. The number of benzene rings is 1. The second-order valence-electron chi connectivity index (χ2n) is 7.36. The van der Waals surface area contributed by atoms with E-state index < -0.39 is 5.60 Å². The predicted octanol–water partition coefficient (Wildman–Crippen LogP) is 3.03. The van der Waals surface area contributed by atoms with E-state index in [1.807, 2.05) is 6.07 Å². The number of hydrogen-bond acceptors (Lipinski definition) is 5. The molecule has 1 fully saturated rings. The van der Waals surface area contributed by atoms with Crippen LogP contribution in [0.4, 0.5) is 11.4 Å². The molecule has 1 aliphatic heterocycles. The summed E-state index contributed by atoms with van der Waals surface area (Å²) in [5, 5.41) is 24.2. The highest BCUT2D eigenvalue weighted by Gasteiger charge is 2.30. The molecule has 0 saturated heterocycles. The quantitative estimate of drug-likeness (QED) is 0.619. The van der Waals surface area contributed by atoms with E-state index in [0.717, 1.165) is 31.1 Å². The first-order valence-electron chi connectivity index (χ1n) is 8.52. The summed E-state index contributed by atoms with van der Waals surface area (Å²) in [6, 6.07) is 6.07. The number of nitrogens with zero attached hydrogens (tertiary/aromatic N) is 2. The van der Waals surface area contributed by atoms with Crippen molar-refractivity contribution >= 4 is 16.9 Å². The monoisotopic (exact) mass is 331 g/mol. The Labute approximate surface area is 142 Å². The molecular formula is C18H25N3O3. The number of nitro groups is 1. The van der Waals surface area contributed by atoms with E-state index in [2.05, 4.69) is 16.3 Å². The van der Waals surface area contributed by atoms with E-state index in [4.69, 9.17) is 0 Å². The van der Waals surface area contributed by atoms with Crippen LogP contribution in [-0.4, -0.2) is 46.2 Å². The summed E-state index contributed by atoms with van der Waals surface area (Å²) in [6.45, 7) is 5.55. The minimum Gasteiger partial charge on any atom is -0.389 e. The minimum absolute atomic E-state index is 0.0577. The van der Waals surface area contributed by atoms with Gasteiger partial charge in [0.05, 0.1) is 10.5 Å². The summed E-state index contributed by atoms with van der Waals surface area (Å²) in [5.41, 5.74) is 1.68. The number of nitro benzene ring substituents is 1. The maximum absolute atomic E-state index is 11.4. The molecular weight excluding hydrogens is 306 g/mol. The predicted molar refractivity (Wildman–Crippen MR) is 95.1 cm³/mol. The Hall–Kier alpha value is -1.92.